The molecule has 0 aliphatic heterocycles. The second-order valence-electron chi connectivity index (χ2n) is 3.88. The maximum Gasteiger partial charge on any atom is 0.246 e. The third-order valence-electron chi connectivity index (χ3n) is 2.31. The summed E-state index contributed by atoms with van der Waals surface area (Å²) in [5.74, 6) is 0.138. The first-order valence-corrected chi connectivity index (χ1v) is 6.23. The number of carbonyl (C=O) groups excluding carboxylic acids is 1. The van der Waals surface area contributed by atoms with Gasteiger partial charge in [0.15, 0.2) is 0 Å². The van der Waals surface area contributed by atoms with Crippen LogP contribution < -0.4 is 5.32 Å². The number of nitrogens with one attached hydrogen (secondary N) is 1. The molecule has 88 valence electrons. The summed E-state index contributed by atoms with van der Waals surface area (Å²) in [6.07, 6.45) is 8.34. The molecule has 1 amide bonds. The van der Waals surface area contributed by atoms with Crippen molar-refractivity contribution in [2.75, 3.05) is 6.54 Å². The molecule has 0 saturated carbocycles. The van der Waals surface area contributed by atoms with E-state index in [4.69, 9.17) is 0 Å². The summed E-state index contributed by atoms with van der Waals surface area (Å²) < 4.78 is 0. The van der Waals surface area contributed by atoms with Gasteiger partial charge in [-0.25, -0.2) is 0 Å². The molecule has 0 spiro atoms. The molecule has 0 saturated heterocycles. The topological polar surface area (TPSA) is 29.1 Å². The standard InChI is InChI=1S/C13H25NO/c1-4-7-10-12(9-6-3)13(15)14-11-8-5-2/h10H,4-9,11H2,1-3H3,(H,14,15)/b12-10+. The highest BCUT2D eigenvalue weighted by Gasteiger charge is 2.06. The summed E-state index contributed by atoms with van der Waals surface area (Å²) >= 11 is 0. The van der Waals surface area contributed by atoms with Crippen LogP contribution in [0.3, 0.4) is 0 Å². The second kappa shape index (κ2) is 9.75. The first-order chi connectivity index (χ1) is 7.26. The van der Waals surface area contributed by atoms with Crippen molar-refractivity contribution in [2.24, 2.45) is 0 Å². The van der Waals surface area contributed by atoms with Crippen molar-refractivity contribution in [1.82, 2.24) is 5.32 Å². The van der Waals surface area contributed by atoms with Crippen molar-refractivity contribution in [3.8, 4) is 0 Å². The van der Waals surface area contributed by atoms with Crippen LogP contribution in [-0.4, -0.2) is 12.5 Å². The van der Waals surface area contributed by atoms with Gasteiger partial charge >= 0.3 is 0 Å². The molecule has 0 aromatic rings. The highest BCUT2D eigenvalue weighted by atomic mass is 16.1. The fourth-order valence-electron chi connectivity index (χ4n) is 1.39. The first kappa shape index (κ1) is 14.2. The van der Waals surface area contributed by atoms with Crippen LogP contribution in [0.15, 0.2) is 11.6 Å². The summed E-state index contributed by atoms with van der Waals surface area (Å²) in [6.45, 7) is 7.18. The predicted octanol–water partition coefficient (Wildman–Crippen LogP) is 3.43. The smallest absolute Gasteiger partial charge is 0.246 e. The van der Waals surface area contributed by atoms with E-state index in [9.17, 15) is 4.79 Å². The third kappa shape index (κ3) is 7.18. The summed E-state index contributed by atoms with van der Waals surface area (Å²) in [6, 6.07) is 0. The Bertz CT molecular complexity index is 197. The molecule has 0 aliphatic rings. The van der Waals surface area contributed by atoms with Crippen LogP contribution in [0.1, 0.15) is 59.3 Å². The van der Waals surface area contributed by atoms with E-state index in [-0.39, 0.29) is 5.91 Å². The molecule has 0 heterocycles. The van der Waals surface area contributed by atoms with E-state index in [0.717, 1.165) is 50.6 Å². The minimum absolute atomic E-state index is 0.138. The first-order valence-electron chi connectivity index (χ1n) is 6.23. The van der Waals surface area contributed by atoms with Crippen LogP contribution in [0, 0.1) is 0 Å². The van der Waals surface area contributed by atoms with E-state index in [1.807, 2.05) is 0 Å². The molecule has 1 N–H and O–H groups in total. The molecule has 15 heavy (non-hydrogen) atoms. The van der Waals surface area contributed by atoms with Crippen molar-refractivity contribution in [3.05, 3.63) is 11.6 Å². The zero-order chi connectivity index (χ0) is 11.5. The maximum absolute atomic E-state index is 11.7. The Morgan fingerprint density at radius 1 is 1.13 bits per heavy atom. The molecule has 0 atom stereocenters. The number of hydrogen-bond donors (Lipinski definition) is 1. The molecular formula is C13H25NO. The third-order valence-corrected chi connectivity index (χ3v) is 2.31. The van der Waals surface area contributed by atoms with Gasteiger partial charge in [-0.2, -0.15) is 0 Å². The lowest BCUT2D eigenvalue weighted by Gasteiger charge is -2.07. The van der Waals surface area contributed by atoms with Gasteiger partial charge < -0.3 is 5.32 Å². The molecule has 0 aromatic heterocycles. The van der Waals surface area contributed by atoms with Crippen LogP contribution in [-0.2, 0) is 4.79 Å². The lowest BCUT2D eigenvalue weighted by molar-refractivity contribution is -0.117. The Morgan fingerprint density at radius 3 is 2.40 bits per heavy atom. The quantitative estimate of drug-likeness (QED) is 0.483. The van der Waals surface area contributed by atoms with Crippen molar-refractivity contribution < 1.29 is 4.79 Å². The van der Waals surface area contributed by atoms with E-state index in [1.165, 1.54) is 0 Å². The molecule has 0 aliphatic carbocycles. The van der Waals surface area contributed by atoms with Gasteiger partial charge in [0.1, 0.15) is 0 Å². The van der Waals surface area contributed by atoms with Gasteiger partial charge in [-0.3, -0.25) is 4.79 Å². The molecule has 0 bridgehead atoms. The van der Waals surface area contributed by atoms with Gasteiger partial charge in [0.05, 0.1) is 0 Å². The Balaban J connectivity index is 4.04. The van der Waals surface area contributed by atoms with Crippen molar-refractivity contribution in [3.63, 3.8) is 0 Å². The number of unbranched alkanes of at least 4 members (excludes halogenated alkanes) is 2. The Kier molecular flexibility index (Phi) is 9.24. The maximum atomic E-state index is 11.7. The number of amides is 1. The van der Waals surface area contributed by atoms with Gasteiger partial charge in [-0.1, -0.05) is 46.1 Å². The van der Waals surface area contributed by atoms with Gasteiger partial charge in [0.25, 0.3) is 0 Å². The van der Waals surface area contributed by atoms with Crippen LogP contribution in [0.25, 0.3) is 0 Å². The fraction of sp³-hybridized carbons (Fsp3) is 0.769. The van der Waals surface area contributed by atoms with Gasteiger partial charge in [-0.05, 0) is 19.3 Å². The summed E-state index contributed by atoms with van der Waals surface area (Å²) in [5.41, 5.74) is 0.968. The van der Waals surface area contributed by atoms with Crippen LogP contribution in [0.2, 0.25) is 0 Å². The lowest BCUT2D eigenvalue weighted by atomic mass is 10.1. The lowest BCUT2D eigenvalue weighted by Crippen LogP contribution is -2.26. The molecule has 0 rings (SSSR count). The molecule has 0 aromatic carbocycles. The molecule has 0 fully saturated rings. The predicted molar refractivity (Wildman–Crippen MR) is 65.8 cm³/mol. The van der Waals surface area contributed by atoms with Gasteiger partial charge in [0, 0.05) is 12.1 Å². The zero-order valence-corrected chi connectivity index (χ0v) is 10.4. The Morgan fingerprint density at radius 2 is 1.87 bits per heavy atom. The largest absolute Gasteiger partial charge is 0.352 e. The monoisotopic (exact) mass is 211 g/mol. The van der Waals surface area contributed by atoms with Crippen LogP contribution >= 0.6 is 0 Å². The summed E-state index contributed by atoms with van der Waals surface area (Å²) in [4.78, 5) is 11.7. The molecule has 2 nitrogen and oxygen atoms in total. The molecular weight excluding hydrogens is 186 g/mol. The second-order valence-corrected chi connectivity index (χ2v) is 3.88. The molecule has 2 heteroatoms. The Labute approximate surface area is 94.1 Å². The van der Waals surface area contributed by atoms with E-state index >= 15 is 0 Å². The highest BCUT2D eigenvalue weighted by Crippen LogP contribution is 2.07. The SMILES string of the molecule is CCC/C=C(\CCC)C(=O)NCCCC. The molecule has 0 radical (unpaired) electrons. The van der Waals surface area contributed by atoms with Gasteiger partial charge in [0.2, 0.25) is 5.91 Å². The Hall–Kier alpha value is -0.790. The van der Waals surface area contributed by atoms with E-state index in [1.54, 1.807) is 0 Å². The van der Waals surface area contributed by atoms with Crippen LogP contribution in [0.5, 0.6) is 0 Å². The number of allylic oxidation sites excluding steroid dienone is 1. The minimum Gasteiger partial charge on any atom is -0.352 e. The minimum atomic E-state index is 0.138. The number of hydrogen-bond acceptors (Lipinski definition) is 1. The van der Waals surface area contributed by atoms with Crippen molar-refractivity contribution in [1.29, 1.82) is 0 Å². The number of rotatable bonds is 8. The van der Waals surface area contributed by atoms with E-state index in [0.29, 0.717) is 0 Å². The van der Waals surface area contributed by atoms with Crippen LogP contribution in [0.4, 0.5) is 0 Å². The normalized spacial score (nSPS) is 11.5. The van der Waals surface area contributed by atoms with Crippen molar-refractivity contribution in [2.45, 2.75) is 59.3 Å². The average molecular weight is 211 g/mol. The van der Waals surface area contributed by atoms with Gasteiger partial charge in [-0.15, -0.1) is 0 Å². The summed E-state index contributed by atoms with van der Waals surface area (Å²) in [7, 11) is 0. The van der Waals surface area contributed by atoms with E-state index in [2.05, 4.69) is 32.2 Å². The zero-order valence-electron chi connectivity index (χ0n) is 10.4. The fourth-order valence-corrected chi connectivity index (χ4v) is 1.39. The van der Waals surface area contributed by atoms with Crippen molar-refractivity contribution >= 4 is 5.91 Å². The molecule has 0 unspecified atom stereocenters. The highest BCUT2D eigenvalue weighted by molar-refractivity contribution is 5.93. The van der Waals surface area contributed by atoms with E-state index < -0.39 is 0 Å². The number of carbonyl (C=O) groups is 1. The summed E-state index contributed by atoms with van der Waals surface area (Å²) in [5, 5.41) is 2.97. The average Bonchev–Trinajstić information content (AvgIpc) is 2.24.